The number of hydrogen-bond donors (Lipinski definition) is 0. The first-order valence-electron chi connectivity index (χ1n) is 10.5. The number of nitrogens with zero attached hydrogens (tertiary/aromatic N) is 4. The second-order valence-corrected chi connectivity index (χ2v) is 8.44. The van der Waals surface area contributed by atoms with Crippen LogP contribution in [0.5, 0.6) is 0 Å². The fraction of sp³-hybridized carbons (Fsp3) is 0.192. The molecule has 7 heteroatoms. The Morgan fingerprint density at radius 2 is 1.97 bits per heavy atom. The number of hydrogen-bond acceptors (Lipinski definition) is 5. The third-order valence-electron chi connectivity index (χ3n) is 4.97. The van der Waals surface area contributed by atoms with Gasteiger partial charge >= 0.3 is 0 Å². The summed E-state index contributed by atoms with van der Waals surface area (Å²) in [7, 11) is 0. The van der Waals surface area contributed by atoms with E-state index < -0.39 is 0 Å². The highest BCUT2D eigenvalue weighted by atomic mass is 35.5. The SMILES string of the molecule is CCC#Cc1ccc2c(c1)C(c1ccccc1Cl)=NCc1c(-c3cnco3)ncn1-2.CSC. The Kier molecular flexibility index (Phi) is 7.33. The van der Waals surface area contributed by atoms with Gasteiger partial charge in [0.15, 0.2) is 12.2 Å². The topological polar surface area (TPSA) is 56.2 Å². The number of oxazole rings is 1. The molecule has 0 bridgehead atoms. The first-order valence-corrected chi connectivity index (χ1v) is 12.5. The average molecular weight is 475 g/mol. The lowest BCUT2D eigenvalue weighted by Gasteiger charge is -2.13. The molecule has 4 aromatic rings. The number of halogens is 1. The predicted octanol–water partition coefficient (Wildman–Crippen LogP) is 6.27. The van der Waals surface area contributed by atoms with Crippen LogP contribution in [0.25, 0.3) is 17.1 Å². The summed E-state index contributed by atoms with van der Waals surface area (Å²) < 4.78 is 7.55. The number of aliphatic imine (C=N–C) groups is 1. The van der Waals surface area contributed by atoms with E-state index in [9.17, 15) is 0 Å². The van der Waals surface area contributed by atoms with E-state index in [1.165, 1.54) is 6.39 Å². The van der Waals surface area contributed by atoms with Gasteiger partial charge in [-0.05, 0) is 36.8 Å². The standard InChI is InChI=1S/C24H17ClN4O.C2H6S/c1-2-3-6-16-9-10-20-18(11-16)23(17-7-4-5-8-19(17)25)27-12-21-24(28-14-29(20)21)22-13-26-15-30-22;1-3-2/h4-5,7-11,13-15H,2,12H2,1H3;1-2H3. The Labute approximate surface area is 202 Å². The molecule has 0 aliphatic carbocycles. The summed E-state index contributed by atoms with van der Waals surface area (Å²) in [6.07, 6.45) is 9.75. The van der Waals surface area contributed by atoms with Crippen LogP contribution in [0.1, 0.15) is 35.7 Å². The van der Waals surface area contributed by atoms with Crippen molar-refractivity contribution in [2.24, 2.45) is 4.99 Å². The molecule has 0 spiro atoms. The Morgan fingerprint density at radius 3 is 2.70 bits per heavy atom. The van der Waals surface area contributed by atoms with Gasteiger partial charge in [0.2, 0.25) is 0 Å². The highest BCUT2D eigenvalue weighted by Crippen LogP contribution is 2.32. The Balaban J connectivity index is 0.000000821. The molecular weight excluding hydrogens is 452 g/mol. The van der Waals surface area contributed by atoms with Crippen LogP contribution in [-0.4, -0.2) is 32.8 Å². The summed E-state index contributed by atoms with van der Waals surface area (Å²) in [5, 5.41) is 0.660. The number of aromatic nitrogens is 3. The fourth-order valence-corrected chi connectivity index (χ4v) is 3.82. The van der Waals surface area contributed by atoms with Crippen molar-refractivity contribution in [3.63, 3.8) is 0 Å². The van der Waals surface area contributed by atoms with Gasteiger partial charge in [-0.2, -0.15) is 11.8 Å². The Bertz CT molecular complexity index is 1350. The minimum absolute atomic E-state index is 0.432. The van der Waals surface area contributed by atoms with E-state index in [0.717, 1.165) is 45.9 Å². The third-order valence-corrected chi connectivity index (χ3v) is 5.30. The zero-order valence-electron chi connectivity index (χ0n) is 18.7. The summed E-state index contributed by atoms with van der Waals surface area (Å²) in [5.74, 6) is 6.97. The summed E-state index contributed by atoms with van der Waals surface area (Å²) in [6, 6.07) is 13.9. The van der Waals surface area contributed by atoms with Gasteiger partial charge in [0.25, 0.3) is 0 Å². The minimum Gasteiger partial charge on any atom is -0.442 e. The van der Waals surface area contributed by atoms with E-state index in [-0.39, 0.29) is 0 Å². The quantitative estimate of drug-likeness (QED) is 0.321. The van der Waals surface area contributed by atoms with Crippen LogP contribution in [0.4, 0.5) is 0 Å². The van der Waals surface area contributed by atoms with Gasteiger partial charge in [0.1, 0.15) is 12.0 Å². The second-order valence-electron chi connectivity index (χ2n) is 7.22. The molecule has 1 aliphatic rings. The molecule has 0 radical (unpaired) electrons. The van der Waals surface area contributed by atoms with E-state index in [1.807, 2.05) is 49.8 Å². The van der Waals surface area contributed by atoms with Gasteiger partial charge in [0.05, 0.1) is 29.8 Å². The highest BCUT2D eigenvalue weighted by Gasteiger charge is 2.24. The van der Waals surface area contributed by atoms with Gasteiger partial charge in [-0.25, -0.2) is 9.97 Å². The van der Waals surface area contributed by atoms with Crippen molar-refractivity contribution in [3.8, 4) is 29.0 Å². The van der Waals surface area contributed by atoms with Gasteiger partial charge in [0, 0.05) is 28.1 Å². The molecule has 0 saturated carbocycles. The van der Waals surface area contributed by atoms with E-state index in [1.54, 1.807) is 24.3 Å². The number of benzene rings is 2. The van der Waals surface area contributed by atoms with E-state index >= 15 is 0 Å². The van der Waals surface area contributed by atoms with Crippen LogP contribution in [-0.2, 0) is 6.54 Å². The van der Waals surface area contributed by atoms with Crippen molar-refractivity contribution in [2.45, 2.75) is 19.9 Å². The lowest BCUT2D eigenvalue weighted by atomic mass is 9.98. The Hall–Kier alpha value is -3.27. The molecule has 0 N–H and O–H groups in total. The zero-order chi connectivity index (χ0) is 23.2. The smallest absolute Gasteiger partial charge is 0.181 e. The maximum atomic E-state index is 6.55. The predicted molar refractivity (Wildman–Crippen MR) is 136 cm³/mol. The van der Waals surface area contributed by atoms with Crippen molar-refractivity contribution in [1.29, 1.82) is 0 Å². The molecule has 166 valence electrons. The molecule has 3 heterocycles. The lowest BCUT2D eigenvalue weighted by molar-refractivity contribution is 0.569. The highest BCUT2D eigenvalue weighted by molar-refractivity contribution is 7.97. The molecular formula is C26H23ClN4OS. The van der Waals surface area contributed by atoms with E-state index in [4.69, 9.17) is 21.0 Å². The van der Waals surface area contributed by atoms with Gasteiger partial charge < -0.3 is 4.42 Å². The number of rotatable bonds is 2. The normalized spacial score (nSPS) is 11.7. The minimum atomic E-state index is 0.432. The maximum absolute atomic E-state index is 6.55. The van der Waals surface area contributed by atoms with Gasteiger partial charge in [-0.15, -0.1) is 0 Å². The first-order chi connectivity index (χ1) is 16.2. The first kappa shape index (κ1) is 22.9. The van der Waals surface area contributed by atoms with Crippen LogP contribution in [0, 0.1) is 11.8 Å². The monoisotopic (exact) mass is 474 g/mol. The molecule has 0 saturated heterocycles. The van der Waals surface area contributed by atoms with Crippen molar-refractivity contribution >= 4 is 29.1 Å². The molecule has 0 unspecified atom stereocenters. The van der Waals surface area contributed by atoms with E-state index in [2.05, 4.69) is 38.5 Å². The van der Waals surface area contributed by atoms with Crippen LogP contribution in [0.2, 0.25) is 5.02 Å². The molecule has 0 fully saturated rings. The van der Waals surface area contributed by atoms with Crippen molar-refractivity contribution in [3.05, 3.63) is 88.8 Å². The number of fused-ring (bicyclic) bond motifs is 3. The van der Waals surface area contributed by atoms with Crippen molar-refractivity contribution in [1.82, 2.24) is 14.5 Å². The van der Waals surface area contributed by atoms with Crippen LogP contribution in [0.3, 0.4) is 0 Å². The lowest BCUT2D eigenvalue weighted by Crippen LogP contribution is -2.08. The Morgan fingerprint density at radius 1 is 1.15 bits per heavy atom. The number of imidazole rings is 1. The third kappa shape index (κ3) is 4.75. The molecule has 1 aliphatic heterocycles. The zero-order valence-corrected chi connectivity index (χ0v) is 20.2. The average Bonchev–Trinajstić information content (AvgIpc) is 3.47. The summed E-state index contributed by atoms with van der Waals surface area (Å²) in [5.41, 5.74) is 6.27. The van der Waals surface area contributed by atoms with Gasteiger partial charge in [-0.1, -0.05) is 48.6 Å². The summed E-state index contributed by atoms with van der Waals surface area (Å²) in [6.45, 7) is 2.47. The number of thioether (sulfide) groups is 1. The van der Waals surface area contributed by atoms with Crippen molar-refractivity contribution < 1.29 is 4.42 Å². The van der Waals surface area contributed by atoms with E-state index in [0.29, 0.717) is 17.3 Å². The second kappa shape index (κ2) is 10.6. The largest absolute Gasteiger partial charge is 0.442 e. The maximum Gasteiger partial charge on any atom is 0.181 e. The molecule has 2 aromatic heterocycles. The summed E-state index contributed by atoms with van der Waals surface area (Å²) in [4.78, 5) is 13.6. The molecule has 2 aromatic carbocycles. The van der Waals surface area contributed by atoms with Gasteiger partial charge in [-0.3, -0.25) is 9.56 Å². The molecule has 0 amide bonds. The fourth-order valence-electron chi connectivity index (χ4n) is 3.60. The van der Waals surface area contributed by atoms with Crippen LogP contribution < -0.4 is 0 Å². The summed E-state index contributed by atoms with van der Waals surface area (Å²) >= 11 is 8.30. The molecule has 5 nitrogen and oxygen atoms in total. The van der Waals surface area contributed by atoms with Crippen LogP contribution in [0.15, 0.2) is 70.8 Å². The van der Waals surface area contributed by atoms with Crippen LogP contribution >= 0.6 is 23.4 Å². The van der Waals surface area contributed by atoms with Crippen molar-refractivity contribution in [2.75, 3.05) is 12.5 Å². The molecule has 33 heavy (non-hydrogen) atoms. The molecule has 0 atom stereocenters. The molecule has 5 rings (SSSR count).